The Morgan fingerprint density at radius 3 is 2.20 bits per heavy atom. The van der Waals surface area contributed by atoms with E-state index in [9.17, 15) is 14.4 Å². The molecule has 0 unspecified atom stereocenters. The first-order chi connectivity index (χ1) is 19.2. The van der Waals surface area contributed by atoms with Crippen molar-refractivity contribution in [3.63, 3.8) is 0 Å². The second-order valence-electron chi connectivity index (χ2n) is 14.2. The summed E-state index contributed by atoms with van der Waals surface area (Å²) in [6.07, 6.45) is 10.7. The molecule has 0 spiro atoms. The Bertz CT molecular complexity index is 1100. The van der Waals surface area contributed by atoms with Gasteiger partial charge >= 0.3 is 6.09 Å². The molecule has 4 saturated carbocycles. The third kappa shape index (κ3) is 8.04. The Morgan fingerprint density at radius 2 is 1.61 bits per heavy atom. The van der Waals surface area contributed by atoms with E-state index < -0.39 is 17.1 Å². The third-order valence-electron chi connectivity index (χ3n) is 8.37. The monoisotopic (exact) mass is 571 g/mol. The molecule has 4 bridgehead atoms. The van der Waals surface area contributed by atoms with Crippen LogP contribution in [0.1, 0.15) is 90.9 Å². The van der Waals surface area contributed by atoms with E-state index >= 15 is 0 Å². The molecule has 10 nitrogen and oxygen atoms in total. The van der Waals surface area contributed by atoms with Crippen molar-refractivity contribution in [2.45, 2.75) is 92.2 Å². The van der Waals surface area contributed by atoms with Crippen LogP contribution in [0.2, 0.25) is 0 Å². The number of amides is 3. The molecule has 4 aliphatic carbocycles. The summed E-state index contributed by atoms with van der Waals surface area (Å²) >= 11 is 0. The van der Waals surface area contributed by atoms with Crippen molar-refractivity contribution < 1.29 is 23.9 Å². The Hall–Kier alpha value is -3.04. The number of ether oxygens (including phenoxy) is 2. The Labute approximate surface area is 244 Å². The molecule has 4 aliphatic rings. The smallest absolute Gasteiger partial charge is 0.407 e. The van der Waals surface area contributed by atoms with Crippen molar-refractivity contribution in [2.24, 2.45) is 35.0 Å². The quantitative estimate of drug-likeness (QED) is 0.333. The van der Waals surface area contributed by atoms with Gasteiger partial charge in [-0.05, 0) is 96.3 Å². The standard InChI is InChI=1S/C31H49N5O5/c1-19(2)18-40-27-24(26(37)35-25-22-13-20-12-21(15-22)16-23(25)14-20)17-34-36(27)11-8-31(6,7)28(38)32-9-10-33-29(39)41-30(3,4)5/h8,11,17,19-23,25H,9-10,12-16,18H2,1-7H3,(H,32,38)(H,33,39)(H,35,37). The first-order valence-corrected chi connectivity index (χ1v) is 15.2. The molecule has 1 aromatic heterocycles. The number of aromatic nitrogens is 2. The van der Waals surface area contributed by atoms with Gasteiger partial charge in [-0.3, -0.25) is 9.59 Å². The largest absolute Gasteiger partial charge is 0.477 e. The van der Waals surface area contributed by atoms with Crippen molar-refractivity contribution in [3.05, 3.63) is 17.8 Å². The van der Waals surface area contributed by atoms with Gasteiger partial charge in [0, 0.05) is 25.3 Å². The number of hydrogen-bond donors (Lipinski definition) is 3. The van der Waals surface area contributed by atoms with E-state index in [-0.39, 0.29) is 36.9 Å². The van der Waals surface area contributed by atoms with Crippen LogP contribution < -0.4 is 20.7 Å². The molecule has 3 N–H and O–H groups in total. The lowest BCUT2D eigenvalue weighted by atomic mass is 9.54. The van der Waals surface area contributed by atoms with E-state index in [0.29, 0.717) is 29.9 Å². The zero-order valence-electron chi connectivity index (χ0n) is 25.8. The minimum atomic E-state index is -0.879. The number of nitrogens with zero attached hydrogens (tertiary/aromatic N) is 2. The summed E-state index contributed by atoms with van der Waals surface area (Å²) in [5.41, 5.74) is -1.05. The van der Waals surface area contributed by atoms with Gasteiger partial charge in [-0.1, -0.05) is 19.9 Å². The number of carbonyl (C=O) groups excluding carboxylic acids is 3. The molecule has 5 rings (SSSR count). The predicted molar refractivity (Wildman–Crippen MR) is 157 cm³/mol. The van der Waals surface area contributed by atoms with Crippen LogP contribution in [0.3, 0.4) is 0 Å². The molecule has 1 heterocycles. The van der Waals surface area contributed by atoms with Gasteiger partial charge < -0.3 is 25.4 Å². The average Bonchev–Trinajstić information content (AvgIpc) is 3.27. The van der Waals surface area contributed by atoms with Gasteiger partial charge in [0.15, 0.2) is 0 Å². The zero-order valence-corrected chi connectivity index (χ0v) is 25.8. The Balaban J connectivity index is 1.38. The maximum Gasteiger partial charge on any atom is 0.407 e. The molecule has 4 fully saturated rings. The van der Waals surface area contributed by atoms with Gasteiger partial charge in [0.1, 0.15) is 11.2 Å². The average molecular weight is 572 g/mol. The summed E-state index contributed by atoms with van der Waals surface area (Å²) in [5, 5.41) is 13.3. The van der Waals surface area contributed by atoms with Crippen molar-refractivity contribution in [1.29, 1.82) is 0 Å². The normalized spacial score (nSPS) is 25.4. The maximum atomic E-state index is 13.5. The third-order valence-corrected chi connectivity index (χ3v) is 8.37. The van der Waals surface area contributed by atoms with Crippen LogP contribution in [0.15, 0.2) is 12.3 Å². The molecular weight excluding hydrogens is 522 g/mol. The summed E-state index contributed by atoms with van der Waals surface area (Å²) in [5.74, 6) is 3.11. The van der Waals surface area contributed by atoms with Gasteiger partial charge in [-0.25, -0.2) is 9.48 Å². The number of nitrogens with one attached hydrogen (secondary N) is 3. The van der Waals surface area contributed by atoms with Crippen LogP contribution in [0.5, 0.6) is 5.88 Å². The molecule has 228 valence electrons. The summed E-state index contributed by atoms with van der Waals surface area (Å²) in [4.78, 5) is 38.2. The van der Waals surface area contributed by atoms with Crippen molar-refractivity contribution >= 4 is 24.1 Å². The maximum absolute atomic E-state index is 13.5. The second-order valence-corrected chi connectivity index (χ2v) is 14.2. The van der Waals surface area contributed by atoms with Gasteiger partial charge in [0.2, 0.25) is 11.8 Å². The molecule has 0 aliphatic heterocycles. The molecular formula is C31H49N5O5. The van der Waals surface area contributed by atoms with Crippen LogP contribution in [-0.4, -0.2) is 59.0 Å². The van der Waals surface area contributed by atoms with Crippen LogP contribution >= 0.6 is 0 Å². The molecule has 10 heteroatoms. The zero-order chi connectivity index (χ0) is 29.9. The summed E-state index contributed by atoms with van der Waals surface area (Å²) in [7, 11) is 0. The number of hydrogen-bond acceptors (Lipinski definition) is 6. The van der Waals surface area contributed by atoms with Gasteiger partial charge in [0.05, 0.1) is 18.2 Å². The fourth-order valence-corrected chi connectivity index (χ4v) is 6.61. The van der Waals surface area contributed by atoms with Gasteiger partial charge in [-0.15, -0.1) is 0 Å². The molecule has 0 aromatic carbocycles. The van der Waals surface area contributed by atoms with E-state index in [1.165, 1.54) is 36.8 Å². The SMILES string of the molecule is CC(C)COc1c(C(=O)NC2C3CC4CC(C3)CC2C4)cnn1C=CC(C)(C)C(=O)NCCNC(=O)OC(C)(C)C. The fraction of sp³-hybridized carbons (Fsp3) is 0.742. The number of carbonyl (C=O) groups is 3. The fourth-order valence-electron chi connectivity index (χ4n) is 6.61. The van der Waals surface area contributed by atoms with Crippen molar-refractivity contribution in [1.82, 2.24) is 25.7 Å². The first kappa shape index (κ1) is 30.9. The number of rotatable bonds is 11. The lowest BCUT2D eigenvalue weighted by Gasteiger charge is -2.54. The second kappa shape index (κ2) is 12.4. The van der Waals surface area contributed by atoms with E-state index in [4.69, 9.17) is 9.47 Å². The molecule has 1 aromatic rings. The highest BCUT2D eigenvalue weighted by atomic mass is 16.6. The number of alkyl carbamates (subject to hydrolysis) is 1. The molecule has 3 amide bonds. The van der Waals surface area contributed by atoms with Crippen molar-refractivity contribution in [3.8, 4) is 5.88 Å². The highest BCUT2D eigenvalue weighted by Crippen LogP contribution is 2.53. The van der Waals surface area contributed by atoms with Crippen LogP contribution in [-0.2, 0) is 9.53 Å². The topological polar surface area (TPSA) is 124 Å². The van der Waals surface area contributed by atoms with Crippen LogP contribution in [0.25, 0.3) is 6.20 Å². The molecule has 0 atom stereocenters. The predicted octanol–water partition coefficient (Wildman–Crippen LogP) is 4.61. The molecule has 0 radical (unpaired) electrons. The van der Waals surface area contributed by atoms with E-state index in [1.54, 1.807) is 53.1 Å². The Morgan fingerprint density at radius 1 is 1.00 bits per heavy atom. The summed E-state index contributed by atoms with van der Waals surface area (Å²) < 4.78 is 12.8. The van der Waals surface area contributed by atoms with Crippen molar-refractivity contribution in [2.75, 3.05) is 19.7 Å². The van der Waals surface area contributed by atoms with Gasteiger partial charge in [-0.2, -0.15) is 5.10 Å². The van der Waals surface area contributed by atoms with E-state index in [2.05, 4.69) is 34.9 Å². The van der Waals surface area contributed by atoms with E-state index in [1.807, 2.05) is 0 Å². The summed E-state index contributed by atoms with van der Waals surface area (Å²) in [6.45, 7) is 14.0. The lowest BCUT2D eigenvalue weighted by Crippen LogP contribution is -2.55. The molecule has 41 heavy (non-hydrogen) atoms. The highest BCUT2D eigenvalue weighted by molar-refractivity contribution is 5.96. The highest BCUT2D eigenvalue weighted by Gasteiger charge is 2.48. The lowest BCUT2D eigenvalue weighted by molar-refractivity contribution is -0.127. The van der Waals surface area contributed by atoms with E-state index in [0.717, 1.165) is 11.8 Å². The Kier molecular flexibility index (Phi) is 9.39. The van der Waals surface area contributed by atoms with Gasteiger partial charge in [0.25, 0.3) is 5.91 Å². The van der Waals surface area contributed by atoms with Crippen LogP contribution in [0.4, 0.5) is 4.79 Å². The summed E-state index contributed by atoms with van der Waals surface area (Å²) in [6, 6.07) is 0.222. The minimum Gasteiger partial charge on any atom is -0.477 e. The first-order valence-electron chi connectivity index (χ1n) is 15.2. The molecule has 0 saturated heterocycles. The minimum absolute atomic E-state index is 0.143. The van der Waals surface area contributed by atoms with Crippen LogP contribution in [0, 0.1) is 35.0 Å².